The monoisotopic (exact) mass is 417 g/mol. The maximum absolute atomic E-state index is 12.1. The molecule has 2 amide bonds. The molecule has 3 N–H and O–H groups in total. The number of carbonyl (C=O) groups is 1. The second-order valence-electron chi connectivity index (χ2n) is 4.98. The van der Waals surface area contributed by atoms with Crippen molar-refractivity contribution in [3.8, 4) is 0 Å². The lowest BCUT2D eigenvalue weighted by Gasteiger charge is -2.10. The van der Waals surface area contributed by atoms with Crippen molar-refractivity contribution in [2.24, 2.45) is 0 Å². The summed E-state index contributed by atoms with van der Waals surface area (Å²) in [5.74, 6) is 0.900. The Labute approximate surface area is 157 Å². The van der Waals surface area contributed by atoms with Crippen LogP contribution in [0.5, 0.6) is 0 Å². The van der Waals surface area contributed by atoms with Crippen LogP contribution in [-0.2, 0) is 0 Å². The first-order valence-electron chi connectivity index (χ1n) is 7.27. The number of para-hydroxylation sites is 1. The van der Waals surface area contributed by atoms with Gasteiger partial charge in [0, 0.05) is 21.2 Å². The van der Waals surface area contributed by atoms with Crippen LogP contribution in [0.25, 0.3) is 0 Å². The van der Waals surface area contributed by atoms with Crippen LogP contribution >= 0.6 is 27.5 Å². The predicted octanol–water partition coefficient (Wildman–Crippen LogP) is 5.28. The third-order valence-electron chi connectivity index (χ3n) is 3.13. The Morgan fingerprint density at radius 1 is 0.960 bits per heavy atom. The van der Waals surface area contributed by atoms with Gasteiger partial charge in [-0.05, 0) is 46.3 Å². The topological polar surface area (TPSA) is 78.9 Å². The van der Waals surface area contributed by atoms with Gasteiger partial charge in [-0.3, -0.25) is 5.32 Å². The van der Waals surface area contributed by atoms with Gasteiger partial charge in [-0.15, -0.1) is 0 Å². The van der Waals surface area contributed by atoms with Crippen LogP contribution in [-0.4, -0.2) is 16.0 Å². The predicted molar refractivity (Wildman–Crippen MR) is 104 cm³/mol. The fourth-order valence-electron chi connectivity index (χ4n) is 2.04. The van der Waals surface area contributed by atoms with Crippen LogP contribution in [0.1, 0.15) is 0 Å². The molecule has 25 heavy (non-hydrogen) atoms. The molecule has 3 aromatic rings. The van der Waals surface area contributed by atoms with E-state index in [9.17, 15) is 4.79 Å². The number of hydrogen-bond acceptors (Lipinski definition) is 4. The minimum atomic E-state index is -0.403. The molecule has 2 aromatic carbocycles. The van der Waals surface area contributed by atoms with E-state index in [1.807, 2.05) is 30.3 Å². The van der Waals surface area contributed by atoms with Crippen molar-refractivity contribution >= 4 is 56.6 Å². The number of urea groups is 1. The summed E-state index contributed by atoms with van der Waals surface area (Å²) in [5.41, 5.74) is 1.45. The lowest BCUT2D eigenvalue weighted by atomic mass is 10.3. The van der Waals surface area contributed by atoms with Crippen molar-refractivity contribution in [3.05, 3.63) is 70.4 Å². The summed E-state index contributed by atoms with van der Waals surface area (Å²) in [6.07, 6.45) is 1.36. The van der Waals surface area contributed by atoms with Gasteiger partial charge in [0.25, 0.3) is 0 Å². The minimum absolute atomic E-state index is 0.365. The number of benzene rings is 2. The van der Waals surface area contributed by atoms with Crippen LogP contribution in [0.3, 0.4) is 0 Å². The van der Waals surface area contributed by atoms with Crippen LogP contribution in [0.2, 0.25) is 5.02 Å². The first-order chi connectivity index (χ1) is 12.1. The van der Waals surface area contributed by atoms with Gasteiger partial charge in [0.2, 0.25) is 0 Å². The third kappa shape index (κ3) is 4.91. The third-order valence-corrected chi connectivity index (χ3v) is 4.05. The highest BCUT2D eigenvalue weighted by atomic mass is 79.9. The van der Waals surface area contributed by atoms with E-state index in [4.69, 9.17) is 11.6 Å². The van der Waals surface area contributed by atoms with Crippen LogP contribution in [0.15, 0.2) is 65.4 Å². The summed E-state index contributed by atoms with van der Waals surface area (Å²) in [6.45, 7) is 0. The minimum Gasteiger partial charge on any atom is -0.340 e. The van der Waals surface area contributed by atoms with E-state index in [0.717, 1.165) is 10.2 Å². The Hall–Kier alpha value is -2.64. The van der Waals surface area contributed by atoms with Crippen molar-refractivity contribution in [1.82, 2.24) is 9.97 Å². The summed E-state index contributed by atoms with van der Waals surface area (Å²) in [7, 11) is 0. The SMILES string of the molecule is O=C(Nc1cc(Nc2cccc(Cl)c2)ncn1)Nc1ccccc1Br. The van der Waals surface area contributed by atoms with Crippen molar-refractivity contribution in [2.75, 3.05) is 16.0 Å². The molecule has 0 unspecified atom stereocenters. The first kappa shape index (κ1) is 17.2. The molecule has 0 saturated heterocycles. The van der Waals surface area contributed by atoms with Crippen molar-refractivity contribution in [1.29, 1.82) is 0 Å². The zero-order valence-corrected chi connectivity index (χ0v) is 15.2. The molecule has 6 nitrogen and oxygen atoms in total. The summed E-state index contributed by atoms with van der Waals surface area (Å²) >= 11 is 9.33. The maximum Gasteiger partial charge on any atom is 0.324 e. The van der Waals surface area contributed by atoms with E-state index < -0.39 is 6.03 Å². The zero-order valence-electron chi connectivity index (χ0n) is 12.8. The number of rotatable bonds is 4. The molecule has 8 heteroatoms. The maximum atomic E-state index is 12.1. The van der Waals surface area contributed by atoms with E-state index in [1.165, 1.54) is 6.33 Å². The first-order valence-corrected chi connectivity index (χ1v) is 8.44. The standard InChI is InChI=1S/C17H13BrClN5O/c18-13-6-1-2-7-14(13)23-17(25)24-16-9-15(20-10-21-16)22-12-5-3-4-11(19)8-12/h1-10H,(H3,20,21,22,23,24,25). The van der Waals surface area contributed by atoms with Gasteiger partial charge < -0.3 is 10.6 Å². The molecule has 0 radical (unpaired) electrons. The normalized spacial score (nSPS) is 10.2. The van der Waals surface area contributed by atoms with E-state index in [2.05, 4.69) is 41.8 Å². The van der Waals surface area contributed by atoms with Gasteiger partial charge in [-0.25, -0.2) is 14.8 Å². The Kier molecular flexibility index (Phi) is 5.47. The second kappa shape index (κ2) is 7.96. The average Bonchev–Trinajstić information content (AvgIpc) is 2.57. The molecule has 0 aliphatic carbocycles. The highest BCUT2D eigenvalue weighted by Crippen LogP contribution is 2.22. The molecule has 1 aromatic heterocycles. The number of nitrogens with zero attached hydrogens (tertiary/aromatic N) is 2. The van der Waals surface area contributed by atoms with E-state index in [1.54, 1.807) is 24.3 Å². The fourth-order valence-corrected chi connectivity index (χ4v) is 2.61. The molecule has 0 saturated carbocycles. The number of nitrogens with one attached hydrogen (secondary N) is 3. The number of amides is 2. The van der Waals surface area contributed by atoms with Crippen molar-refractivity contribution in [2.45, 2.75) is 0 Å². The van der Waals surface area contributed by atoms with E-state index in [0.29, 0.717) is 22.3 Å². The number of aromatic nitrogens is 2. The quantitative estimate of drug-likeness (QED) is 0.538. The zero-order chi connectivity index (χ0) is 17.6. The molecule has 0 bridgehead atoms. The Morgan fingerprint density at radius 3 is 2.56 bits per heavy atom. The van der Waals surface area contributed by atoms with Crippen molar-refractivity contribution in [3.63, 3.8) is 0 Å². The molecule has 0 aliphatic heterocycles. The van der Waals surface area contributed by atoms with Gasteiger partial charge in [-0.1, -0.05) is 29.8 Å². The Bertz CT molecular complexity index is 905. The fraction of sp³-hybridized carbons (Fsp3) is 0. The molecule has 0 aliphatic rings. The smallest absolute Gasteiger partial charge is 0.324 e. The molecule has 0 fully saturated rings. The van der Waals surface area contributed by atoms with Crippen LogP contribution in [0, 0.1) is 0 Å². The van der Waals surface area contributed by atoms with Gasteiger partial charge in [0.05, 0.1) is 5.69 Å². The van der Waals surface area contributed by atoms with Gasteiger partial charge >= 0.3 is 6.03 Å². The number of carbonyl (C=O) groups excluding carboxylic acids is 1. The van der Waals surface area contributed by atoms with Gasteiger partial charge in [-0.2, -0.15) is 0 Å². The lowest BCUT2D eigenvalue weighted by molar-refractivity contribution is 0.262. The largest absolute Gasteiger partial charge is 0.340 e. The molecule has 126 valence electrons. The summed E-state index contributed by atoms with van der Waals surface area (Å²) in [4.78, 5) is 20.3. The van der Waals surface area contributed by atoms with Crippen LogP contribution in [0.4, 0.5) is 27.8 Å². The highest BCUT2D eigenvalue weighted by Gasteiger charge is 2.07. The molecular formula is C17H13BrClN5O. The molecular weight excluding hydrogens is 406 g/mol. The summed E-state index contributed by atoms with van der Waals surface area (Å²) < 4.78 is 0.788. The lowest BCUT2D eigenvalue weighted by Crippen LogP contribution is -2.20. The molecule has 1 heterocycles. The Morgan fingerprint density at radius 2 is 1.76 bits per heavy atom. The molecule has 0 spiro atoms. The summed E-state index contributed by atoms with van der Waals surface area (Å²) in [5, 5.41) is 9.13. The number of hydrogen-bond donors (Lipinski definition) is 3. The average molecular weight is 419 g/mol. The van der Waals surface area contributed by atoms with Crippen LogP contribution < -0.4 is 16.0 Å². The number of anilines is 4. The summed E-state index contributed by atoms with van der Waals surface area (Å²) in [6, 6.07) is 15.8. The van der Waals surface area contributed by atoms with E-state index in [-0.39, 0.29) is 0 Å². The molecule has 0 atom stereocenters. The second-order valence-corrected chi connectivity index (χ2v) is 6.27. The van der Waals surface area contributed by atoms with Gasteiger partial charge in [0.1, 0.15) is 18.0 Å². The highest BCUT2D eigenvalue weighted by molar-refractivity contribution is 9.10. The molecule has 3 rings (SSSR count). The van der Waals surface area contributed by atoms with Crippen molar-refractivity contribution < 1.29 is 4.79 Å². The van der Waals surface area contributed by atoms with Gasteiger partial charge in [0.15, 0.2) is 0 Å². The number of halogens is 2. The Balaban J connectivity index is 1.67. The van der Waals surface area contributed by atoms with E-state index >= 15 is 0 Å².